The Hall–Kier alpha value is -2.86. The summed E-state index contributed by atoms with van der Waals surface area (Å²) >= 11 is 0. The van der Waals surface area contributed by atoms with Gasteiger partial charge in [-0.25, -0.2) is 0 Å². The van der Waals surface area contributed by atoms with Crippen LogP contribution < -0.4 is 0 Å². The maximum Gasteiger partial charge on any atom is -0.0175 e. The van der Waals surface area contributed by atoms with Crippen LogP contribution in [0.3, 0.4) is 0 Å². The van der Waals surface area contributed by atoms with Gasteiger partial charge in [0.1, 0.15) is 0 Å². The van der Waals surface area contributed by atoms with Crippen LogP contribution in [0.2, 0.25) is 0 Å². The third kappa shape index (κ3) is 2.96. The number of benzene rings is 4. The highest BCUT2D eigenvalue weighted by Crippen LogP contribution is 2.21. The molecule has 0 spiro atoms. The highest BCUT2D eigenvalue weighted by atomic mass is 14.0. The molecule has 0 nitrogen and oxygen atoms in total. The van der Waals surface area contributed by atoms with Crippen LogP contribution in [0.5, 0.6) is 0 Å². The minimum atomic E-state index is 1.23. The van der Waals surface area contributed by atoms with E-state index in [0.29, 0.717) is 0 Å². The van der Waals surface area contributed by atoms with E-state index in [4.69, 9.17) is 0 Å². The molecule has 0 saturated heterocycles. The highest BCUT2D eigenvalue weighted by Gasteiger charge is 1.97. The van der Waals surface area contributed by atoms with E-state index in [1.165, 1.54) is 43.8 Å². The van der Waals surface area contributed by atoms with Crippen LogP contribution in [0.4, 0.5) is 0 Å². The van der Waals surface area contributed by atoms with Crippen molar-refractivity contribution < 1.29 is 0 Å². The fourth-order valence-electron chi connectivity index (χ4n) is 3.17. The lowest BCUT2D eigenvalue weighted by atomic mass is 10.0. The van der Waals surface area contributed by atoms with E-state index >= 15 is 0 Å². The van der Waals surface area contributed by atoms with E-state index < -0.39 is 0 Å². The Morgan fingerprint density at radius 1 is 0.458 bits per heavy atom. The van der Waals surface area contributed by atoms with Crippen molar-refractivity contribution >= 4 is 33.7 Å². The van der Waals surface area contributed by atoms with Crippen LogP contribution in [0.15, 0.2) is 72.8 Å². The summed E-state index contributed by atoms with van der Waals surface area (Å²) in [5, 5.41) is 5.18. The Kier molecular flexibility index (Phi) is 3.66. The zero-order chi connectivity index (χ0) is 16.5. The van der Waals surface area contributed by atoms with Gasteiger partial charge >= 0.3 is 0 Å². The molecule has 0 saturated carbocycles. The molecule has 4 rings (SSSR count). The molecule has 0 atom stereocenters. The van der Waals surface area contributed by atoms with Crippen molar-refractivity contribution in [1.29, 1.82) is 0 Å². The summed E-state index contributed by atoms with van der Waals surface area (Å²) in [6.07, 6.45) is 4.39. The molecule has 0 aromatic heterocycles. The molecule has 116 valence electrons. The lowest BCUT2D eigenvalue weighted by molar-refractivity contribution is 1.50. The zero-order valence-electron chi connectivity index (χ0n) is 14.1. The van der Waals surface area contributed by atoms with Crippen LogP contribution in [0, 0.1) is 13.8 Å². The molecule has 0 heteroatoms. The fraction of sp³-hybridized carbons (Fsp3) is 0.0833. The van der Waals surface area contributed by atoms with Gasteiger partial charge in [-0.15, -0.1) is 0 Å². The lowest BCUT2D eigenvalue weighted by Crippen LogP contribution is -1.79. The molecule has 0 aliphatic heterocycles. The normalized spacial score (nSPS) is 11.6. The van der Waals surface area contributed by atoms with Crippen molar-refractivity contribution in [3.8, 4) is 0 Å². The summed E-state index contributed by atoms with van der Waals surface area (Å²) in [6, 6.07) is 26.4. The first kappa shape index (κ1) is 14.7. The van der Waals surface area contributed by atoms with E-state index in [1.807, 2.05) is 0 Å². The number of fused-ring (bicyclic) bond motifs is 2. The molecule has 0 amide bonds. The van der Waals surface area contributed by atoms with Gasteiger partial charge in [0.05, 0.1) is 0 Å². The maximum absolute atomic E-state index is 2.25. The first-order valence-electron chi connectivity index (χ1n) is 8.36. The van der Waals surface area contributed by atoms with E-state index in [0.717, 1.165) is 0 Å². The third-order valence-corrected chi connectivity index (χ3v) is 4.51. The summed E-state index contributed by atoms with van der Waals surface area (Å²) in [7, 11) is 0. The SMILES string of the molecule is Cc1ccc2ccc(C=Cc3ccc4ccc(C)cc4c3)cc2c1. The van der Waals surface area contributed by atoms with Gasteiger partial charge in [0.25, 0.3) is 0 Å². The van der Waals surface area contributed by atoms with E-state index in [-0.39, 0.29) is 0 Å². The van der Waals surface area contributed by atoms with Crippen LogP contribution in [0.1, 0.15) is 22.3 Å². The van der Waals surface area contributed by atoms with Crippen LogP contribution in [-0.4, -0.2) is 0 Å². The van der Waals surface area contributed by atoms with E-state index in [9.17, 15) is 0 Å². The smallest absolute Gasteiger partial charge is 0.0175 e. The van der Waals surface area contributed by atoms with Crippen molar-refractivity contribution in [2.24, 2.45) is 0 Å². The molecule has 4 aromatic rings. The second-order valence-corrected chi connectivity index (χ2v) is 6.55. The van der Waals surface area contributed by atoms with Gasteiger partial charge in [-0.05, 0) is 58.7 Å². The van der Waals surface area contributed by atoms with E-state index in [1.54, 1.807) is 0 Å². The predicted octanol–water partition coefficient (Wildman–Crippen LogP) is 6.78. The van der Waals surface area contributed by atoms with Gasteiger partial charge in [-0.1, -0.05) is 83.9 Å². The van der Waals surface area contributed by atoms with Gasteiger partial charge in [-0.2, -0.15) is 0 Å². The summed E-state index contributed by atoms with van der Waals surface area (Å²) in [6.45, 7) is 4.28. The average molecular weight is 308 g/mol. The second kappa shape index (κ2) is 5.98. The van der Waals surface area contributed by atoms with Crippen molar-refractivity contribution in [2.75, 3.05) is 0 Å². The van der Waals surface area contributed by atoms with Crippen molar-refractivity contribution in [3.63, 3.8) is 0 Å². The van der Waals surface area contributed by atoms with Crippen molar-refractivity contribution in [1.82, 2.24) is 0 Å². The first-order valence-corrected chi connectivity index (χ1v) is 8.36. The molecule has 0 N–H and O–H groups in total. The predicted molar refractivity (Wildman–Crippen MR) is 106 cm³/mol. The van der Waals surface area contributed by atoms with Gasteiger partial charge in [0, 0.05) is 0 Å². The molecule has 0 aliphatic rings. The molecule has 0 heterocycles. The average Bonchev–Trinajstić information content (AvgIpc) is 2.59. The molecular weight excluding hydrogens is 288 g/mol. The van der Waals surface area contributed by atoms with Gasteiger partial charge < -0.3 is 0 Å². The fourth-order valence-corrected chi connectivity index (χ4v) is 3.17. The number of aryl methyl sites for hydroxylation is 2. The molecule has 0 fully saturated rings. The third-order valence-electron chi connectivity index (χ3n) is 4.51. The van der Waals surface area contributed by atoms with Crippen LogP contribution in [0.25, 0.3) is 33.7 Å². The van der Waals surface area contributed by atoms with Crippen LogP contribution in [-0.2, 0) is 0 Å². The molecule has 0 aliphatic carbocycles. The van der Waals surface area contributed by atoms with Crippen molar-refractivity contribution in [3.05, 3.63) is 95.1 Å². The Labute approximate surface area is 143 Å². The lowest BCUT2D eigenvalue weighted by Gasteiger charge is -2.03. The Morgan fingerprint density at radius 2 is 0.875 bits per heavy atom. The number of rotatable bonds is 2. The Bertz CT molecular complexity index is 981. The zero-order valence-corrected chi connectivity index (χ0v) is 14.1. The summed E-state index contributed by atoms with van der Waals surface area (Å²) < 4.78 is 0. The summed E-state index contributed by atoms with van der Waals surface area (Å²) in [5.41, 5.74) is 5.07. The van der Waals surface area contributed by atoms with Crippen LogP contribution >= 0.6 is 0 Å². The first-order chi connectivity index (χ1) is 11.7. The Balaban J connectivity index is 1.69. The molecule has 4 aromatic carbocycles. The summed E-state index contributed by atoms with van der Waals surface area (Å²) in [5.74, 6) is 0. The minimum Gasteiger partial charge on any atom is -0.0587 e. The highest BCUT2D eigenvalue weighted by molar-refractivity contribution is 5.88. The van der Waals surface area contributed by atoms with Gasteiger partial charge in [0.2, 0.25) is 0 Å². The standard InChI is InChI=1S/C24H20/c1-17-3-9-21-11-7-19(15-23(21)13-17)5-6-20-8-12-22-10-4-18(2)14-24(22)16-20/h3-16H,1-2H3. The molecular formula is C24H20. The largest absolute Gasteiger partial charge is 0.0587 e. The monoisotopic (exact) mass is 308 g/mol. The molecule has 0 bridgehead atoms. The van der Waals surface area contributed by atoms with Gasteiger partial charge in [0.15, 0.2) is 0 Å². The molecule has 24 heavy (non-hydrogen) atoms. The summed E-state index contributed by atoms with van der Waals surface area (Å²) in [4.78, 5) is 0. The number of hydrogen-bond donors (Lipinski definition) is 0. The topological polar surface area (TPSA) is 0 Å². The maximum atomic E-state index is 2.25. The van der Waals surface area contributed by atoms with E-state index in [2.05, 4.69) is 98.8 Å². The van der Waals surface area contributed by atoms with Gasteiger partial charge in [-0.3, -0.25) is 0 Å². The Morgan fingerprint density at radius 3 is 1.33 bits per heavy atom. The second-order valence-electron chi connectivity index (χ2n) is 6.55. The van der Waals surface area contributed by atoms with Crippen molar-refractivity contribution in [2.45, 2.75) is 13.8 Å². The molecule has 0 radical (unpaired) electrons. The quantitative estimate of drug-likeness (QED) is 0.358. The molecule has 0 unspecified atom stereocenters. The minimum absolute atomic E-state index is 1.23. The number of hydrogen-bond acceptors (Lipinski definition) is 0.